The molecule has 1 fully saturated rings. The summed E-state index contributed by atoms with van der Waals surface area (Å²) < 4.78 is 0.359. The zero-order chi connectivity index (χ0) is 17.9. The molecule has 9 heteroatoms. The molecule has 1 amide bonds. The fraction of sp³-hybridized carbons (Fsp3) is 0.267. The van der Waals surface area contributed by atoms with Crippen molar-refractivity contribution in [2.24, 2.45) is 0 Å². The smallest absolute Gasteiger partial charge is 0.303 e. The van der Waals surface area contributed by atoms with Crippen molar-refractivity contribution in [3.63, 3.8) is 0 Å². The lowest BCUT2D eigenvalue weighted by atomic mass is 10.1. The van der Waals surface area contributed by atoms with Gasteiger partial charge in [0.1, 0.15) is 4.32 Å². The Morgan fingerprint density at radius 3 is 2.83 bits per heavy atom. The average molecular weight is 366 g/mol. The van der Waals surface area contributed by atoms with E-state index in [1.54, 1.807) is 25.1 Å². The standard InChI is InChI=1S/C15H14N2O5S2/c1-9-4-5-10(7-11(9)17(21)22)8-12-14(20)16(15(23)24-12)6-2-3-13(18)19/h4-5,7-8H,2-3,6H2,1H3,(H,18,19)/b12-8-. The van der Waals surface area contributed by atoms with E-state index in [1.807, 2.05) is 0 Å². The fourth-order valence-corrected chi connectivity index (χ4v) is 3.45. The first-order valence-electron chi connectivity index (χ1n) is 7.02. The van der Waals surface area contributed by atoms with Gasteiger partial charge in [-0.25, -0.2) is 0 Å². The Morgan fingerprint density at radius 1 is 1.50 bits per heavy atom. The number of nitro benzene ring substituents is 1. The number of rotatable bonds is 6. The second-order valence-electron chi connectivity index (χ2n) is 5.13. The van der Waals surface area contributed by atoms with Gasteiger partial charge >= 0.3 is 5.97 Å². The number of carboxylic acid groups (broad SMARTS) is 1. The van der Waals surface area contributed by atoms with Crippen LogP contribution in [0.3, 0.4) is 0 Å². The molecule has 0 saturated carbocycles. The van der Waals surface area contributed by atoms with E-state index in [1.165, 1.54) is 11.0 Å². The molecule has 1 heterocycles. The minimum Gasteiger partial charge on any atom is -0.481 e. The zero-order valence-corrected chi connectivity index (χ0v) is 14.4. The van der Waals surface area contributed by atoms with Gasteiger partial charge in [0, 0.05) is 24.6 Å². The van der Waals surface area contributed by atoms with Crippen molar-refractivity contribution in [1.29, 1.82) is 0 Å². The second kappa shape index (κ2) is 7.54. The van der Waals surface area contributed by atoms with E-state index in [4.69, 9.17) is 17.3 Å². The topological polar surface area (TPSA) is 101 Å². The Balaban J connectivity index is 2.18. The van der Waals surface area contributed by atoms with E-state index in [0.29, 0.717) is 26.8 Å². The number of carboxylic acids is 1. The monoisotopic (exact) mass is 366 g/mol. The van der Waals surface area contributed by atoms with E-state index in [0.717, 1.165) is 11.8 Å². The van der Waals surface area contributed by atoms with Crippen molar-refractivity contribution in [1.82, 2.24) is 4.90 Å². The maximum atomic E-state index is 12.3. The molecule has 7 nitrogen and oxygen atoms in total. The Bertz CT molecular complexity index is 760. The van der Waals surface area contributed by atoms with Crippen LogP contribution in [-0.4, -0.2) is 37.7 Å². The molecular weight excluding hydrogens is 352 g/mol. The van der Waals surface area contributed by atoms with Gasteiger partial charge in [0.2, 0.25) is 0 Å². The number of carbonyl (C=O) groups excluding carboxylic acids is 1. The maximum Gasteiger partial charge on any atom is 0.303 e. The van der Waals surface area contributed by atoms with Crippen molar-refractivity contribution in [3.8, 4) is 0 Å². The molecule has 24 heavy (non-hydrogen) atoms. The number of nitro groups is 1. The first kappa shape index (κ1) is 18.1. The quantitative estimate of drug-likeness (QED) is 0.357. The molecule has 1 saturated heterocycles. The summed E-state index contributed by atoms with van der Waals surface area (Å²) in [4.78, 5) is 35.1. The summed E-state index contributed by atoms with van der Waals surface area (Å²) in [5, 5.41) is 19.6. The zero-order valence-electron chi connectivity index (χ0n) is 12.7. The molecule has 2 rings (SSSR count). The highest BCUT2D eigenvalue weighted by atomic mass is 32.2. The number of thioether (sulfide) groups is 1. The molecule has 0 aliphatic carbocycles. The van der Waals surface area contributed by atoms with Gasteiger partial charge in [-0.2, -0.15) is 0 Å². The number of hydrogen-bond acceptors (Lipinski definition) is 6. The summed E-state index contributed by atoms with van der Waals surface area (Å²) >= 11 is 6.26. The SMILES string of the molecule is Cc1ccc(/C=C2\SC(=S)N(CCCC(=O)O)C2=O)cc1[N+](=O)[O-]. The molecular formula is C15H14N2O5S2. The molecule has 0 aromatic heterocycles. The van der Waals surface area contributed by atoms with Crippen LogP contribution in [0.1, 0.15) is 24.0 Å². The van der Waals surface area contributed by atoms with Crippen LogP contribution in [0.15, 0.2) is 23.1 Å². The third-order valence-electron chi connectivity index (χ3n) is 3.37. The molecule has 0 atom stereocenters. The van der Waals surface area contributed by atoms with E-state index in [-0.39, 0.29) is 24.6 Å². The minimum atomic E-state index is -0.928. The van der Waals surface area contributed by atoms with Crippen molar-refractivity contribution in [2.75, 3.05) is 6.54 Å². The largest absolute Gasteiger partial charge is 0.481 e. The third-order valence-corrected chi connectivity index (χ3v) is 4.75. The first-order chi connectivity index (χ1) is 11.3. The van der Waals surface area contributed by atoms with Crippen LogP contribution < -0.4 is 0 Å². The van der Waals surface area contributed by atoms with Crippen molar-refractivity contribution >= 4 is 51.9 Å². The molecule has 0 bridgehead atoms. The molecule has 0 radical (unpaired) electrons. The van der Waals surface area contributed by atoms with Crippen LogP contribution >= 0.6 is 24.0 Å². The number of aryl methyl sites for hydroxylation is 1. The van der Waals surface area contributed by atoms with Crippen molar-refractivity contribution < 1.29 is 19.6 Å². The lowest BCUT2D eigenvalue weighted by molar-refractivity contribution is -0.385. The highest BCUT2D eigenvalue weighted by Crippen LogP contribution is 2.33. The van der Waals surface area contributed by atoms with Crippen molar-refractivity contribution in [2.45, 2.75) is 19.8 Å². The lowest BCUT2D eigenvalue weighted by Crippen LogP contribution is -2.29. The number of amides is 1. The summed E-state index contributed by atoms with van der Waals surface area (Å²) in [6.07, 6.45) is 1.83. The van der Waals surface area contributed by atoms with Gasteiger partial charge in [0.05, 0.1) is 9.83 Å². The number of nitrogens with zero attached hydrogens (tertiary/aromatic N) is 2. The fourth-order valence-electron chi connectivity index (χ4n) is 2.15. The molecule has 1 N–H and O–H groups in total. The number of hydrogen-bond donors (Lipinski definition) is 1. The van der Waals surface area contributed by atoms with Crippen LogP contribution in [0.25, 0.3) is 6.08 Å². The molecule has 126 valence electrons. The summed E-state index contributed by atoms with van der Waals surface area (Å²) in [6.45, 7) is 1.88. The normalized spacial score (nSPS) is 16.0. The van der Waals surface area contributed by atoms with Crippen LogP contribution in [0.5, 0.6) is 0 Å². The Hall–Kier alpha value is -2.26. The predicted molar refractivity (Wildman–Crippen MR) is 94.6 cm³/mol. The lowest BCUT2D eigenvalue weighted by Gasteiger charge is -2.13. The molecule has 1 aromatic carbocycles. The van der Waals surface area contributed by atoms with E-state index in [2.05, 4.69) is 0 Å². The summed E-state index contributed by atoms with van der Waals surface area (Å²) in [5.41, 5.74) is 1.07. The van der Waals surface area contributed by atoms with Crippen molar-refractivity contribution in [3.05, 3.63) is 44.3 Å². The summed E-state index contributed by atoms with van der Waals surface area (Å²) in [5.74, 6) is -1.23. The number of carbonyl (C=O) groups is 2. The van der Waals surface area contributed by atoms with Crippen LogP contribution in [0, 0.1) is 17.0 Å². The maximum absolute atomic E-state index is 12.3. The van der Waals surface area contributed by atoms with Gasteiger partial charge in [-0.1, -0.05) is 36.1 Å². The number of thiocarbonyl (C=S) groups is 1. The van der Waals surface area contributed by atoms with Gasteiger partial charge in [0.15, 0.2) is 0 Å². The van der Waals surface area contributed by atoms with Gasteiger partial charge in [0.25, 0.3) is 11.6 Å². The molecule has 1 aromatic rings. The highest BCUT2D eigenvalue weighted by Gasteiger charge is 2.31. The summed E-state index contributed by atoms with van der Waals surface area (Å²) in [7, 11) is 0. The minimum absolute atomic E-state index is 0.0133. The molecule has 1 aliphatic heterocycles. The van der Waals surface area contributed by atoms with Crippen LogP contribution in [-0.2, 0) is 9.59 Å². The first-order valence-corrected chi connectivity index (χ1v) is 8.24. The van der Waals surface area contributed by atoms with Gasteiger partial charge in [-0.3, -0.25) is 24.6 Å². The van der Waals surface area contributed by atoms with Gasteiger partial charge < -0.3 is 5.11 Å². The second-order valence-corrected chi connectivity index (χ2v) is 6.81. The molecule has 0 spiro atoms. The Labute approximate surface area is 147 Å². The molecule has 1 aliphatic rings. The predicted octanol–water partition coefficient (Wildman–Crippen LogP) is 2.97. The van der Waals surface area contributed by atoms with Crippen LogP contribution in [0.2, 0.25) is 0 Å². The van der Waals surface area contributed by atoms with E-state index < -0.39 is 10.9 Å². The third kappa shape index (κ3) is 4.18. The number of aliphatic carboxylic acids is 1. The van der Waals surface area contributed by atoms with Gasteiger partial charge in [-0.05, 0) is 25.0 Å². The average Bonchev–Trinajstić information content (AvgIpc) is 2.76. The van der Waals surface area contributed by atoms with Crippen LogP contribution in [0.4, 0.5) is 5.69 Å². The van der Waals surface area contributed by atoms with E-state index >= 15 is 0 Å². The van der Waals surface area contributed by atoms with Gasteiger partial charge in [-0.15, -0.1) is 0 Å². The Kier molecular flexibility index (Phi) is 5.68. The highest BCUT2D eigenvalue weighted by molar-refractivity contribution is 8.26. The van der Waals surface area contributed by atoms with E-state index in [9.17, 15) is 19.7 Å². The Morgan fingerprint density at radius 2 is 2.21 bits per heavy atom. The number of benzene rings is 1. The summed E-state index contributed by atoms with van der Waals surface area (Å²) in [6, 6.07) is 4.73. The molecule has 0 unspecified atom stereocenters.